The van der Waals surface area contributed by atoms with E-state index in [9.17, 15) is 9.90 Å². The fourth-order valence-electron chi connectivity index (χ4n) is 9.77. The number of epoxide rings is 1. The van der Waals surface area contributed by atoms with Crippen LogP contribution < -0.4 is 14.2 Å². The molecule has 7 aromatic carbocycles. The SMILES string of the molecule is COc1cc(C(=O)O[C@@H]([C@@H](OCc2ccccc2)[C@H](OCc2ccccc2)[C@@H]2CO2)[C@@H](O)C[C@H]2O[C@H](COCc3ccccc3)[C@@H](OCc3ccccc3)[C@H](OCc3ccccc3)[C@H]2OCc2ccccc2)cc(OC)c1OC. The van der Waals surface area contributed by atoms with E-state index in [1.54, 1.807) is 0 Å². The van der Waals surface area contributed by atoms with Gasteiger partial charge in [0.25, 0.3) is 0 Å². The first kappa shape index (κ1) is 56.8. The molecule has 2 saturated heterocycles. The Bertz CT molecular complexity index is 2840. The van der Waals surface area contributed by atoms with E-state index in [1.807, 2.05) is 182 Å². The number of rotatable bonds is 30. The maximum absolute atomic E-state index is 14.9. The number of carbonyl (C=O) groups excluding carboxylic acids is 1. The summed E-state index contributed by atoms with van der Waals surface area (Å²) in [5.74, 6) is -0.0465. The van der Waals surface area contributed by atoms with Gasteiger partial charge in [0, 0.05) is 6.42 Å². The van der Waals surface area contributed by atoms with Gasteiger partial charge >= 0.3 is 5.97 Å². The highest BCUT2D eigenvalue weighted by Crippen LogP contribution is 2.40. The fourth-order valence-corrected chi connectivity index (χ4v) is 9.77. The van der Waals surface area contributed by atoms with Gasteiger partial charge in [-0.2, -0.15) is 0 Å². The molecule has 0 radical (unpaired) electrons. The van der Waals surface area contributed by atoms with E-state index in [1.165, 1.54) is 33.5 Å². The molecule has 14 heteroatoms. The third-order valence-electron chi connectivity index (χ3n) is 13.9. The molecule has 7 aromatic rings. The molecule has 0 unspecified atom stereocenters. The second-order valence-electron chi connectivity index (χ2n) is 19.5. The van der Waals surface area contributed by atoms with E-state index in [4.69, 9.17) is 56.8 Å². The molecule has 2 fully saturated rings. The molecule has 2 heterocycles. The predicted octanol–water partition coefficient (Wildman–Crippen LogP) is 10.3. The van der Waals surface area contributed by atoms with Crippen molar-refractivity contribution in [1.82, 2.24) is 0 Å². The number of benzene rings is 7. The van der Waals surface area contributed by atoms with Crippen molar-refractivity contribution in [3.05, 3.63) is 233 Å². The zero-order valence-corrected chi connectivity index (χ0v) is 44.9. The van der Waals surface area contributed by atoms with Gasteiger partial charge in [-0.05, 0) is 45.5 Å². The molecule has 0 aromatic heterocycles. The molecule has 0 bridgehead atoms. The molecule has 414 valence electrons. The highest BCUT2D eigenvalue weighted by molar-refractivity contribution is 5.91. The maximum atomic E-state index is 14.9. The summed E-state index contributed by atoms with van der Waals surface area (Å²) in [6, 6.07) is 61.9. The molecular formula is C65H70O14. The molecule has 0 amide bonds. The highest BCUT2D eigenvalue weighted by Gasteiger charge is 2.52. The smallest absolute Gasteiger partial charge is 0.338 e. The van der Waals surface area contributed by atoms with E-state index < -0.39 is 67.0 Å². The van der Waals surface area contributed by atoms with Crippen molar-refractivity contribution in [3.63, 3.8) is 0 Å². The van der Waals surface area contributed by atoms with E-state index in [0.717, 1.165) is 33.4 Å². The van der Waals surface area contributed by atoms with Gasteiger partial charge in [0.2, 0.25) is 5.75 Å². The van der Waals surface area contributed by atoms with E-state index in [0.29, 0.717) is 13.2 Å². The van der Waals surface area contributed by atoms with Crippen LogP contribution in [0.25, 0.3) is 0 Å². The van der Waals surface area contributed by atoms with Crippen LogP contribution in [0.3, 0.4) is 0 Å². The second kappa shape index (κ2) is 29.3. The summed E-state index contributed by atoms with van der Waals surface area (Å²) >= 11 is 0. The summed E-state index contributed by atoms with van der Waals surface area (Å²) in [5.41, 5.74) is 5.60. The monoisotopic (exact) mass is 1070 g/mol. The number of ether oxygens (including phenoxy) is 12. The summed E-state index contributed by atoms with van der Waals surface area (Å²) in [4.78, 5) is 14.9. The summed E-state index contributed by atoms with van der Waals surface area (Å²) < 4.78 is 78.0. The largest absolute Gasteiger partial charge is 0.493 e. The van der Waals surface area contributed by atoms with Crippen LogP contribution in [0.4, 0.5) is 0 Å². The van der Waals surface area contributed by atoms with Gasteiger partial charge in [-0.3, -0.25) is 0 Å². The van der Waals surface area contributed by atoms with Gasteiger partial charge in [0.1, 0.15) is 42.7 Å². The fraction of sp³-hybridized carbons (Fsp3) is 0.338. The van der Waals surface area contributed by atoms with Gasteiger partial charge in [-0.15, -0.1) is 0 Å². The lowest BCUT2D eigenvalue weighted by Gasteiger charge is -2.47. The van der Waals surface area contributed by atoms with Crippen LogP contribution in [-0.4, -0.2) is 107 Å². The molecule has 0 aliphatic carbocycles. The standard InChI is InChI=1S/C65H70O14/c1-68-53-34-51(35-54(69-2)59(53)70-3)65(67)79-58(63(76-41-49-30-18-8-19-31-49)61(56-44-72-56)74-39-47-26-14-6-15-27-47)52(66)36-55-60(73-38-46-24-12-5-13-25-46)64(77-42-50-32-20-9-21-33-50)62(75-40-48-28-16-7-17-29-48)57(78-55)43-71-37-45-22-10-4-11-23-45/h4-35,52,55-58,60-64,66H,36-44H2,1-3H3/t52-,55+,56-,57+,58+,60-,61+,62+,63+,64+/m0/s1. The van der Waals surface area contributed by atoms with Crippen molar-refractivity contribution in [2.75, 3.05) is 34.5 Å². The Morgan fingerprint density at radius 3 is 1.34 bits per heavy atom. The number of aliphatic hydroxyl groups excluding tert-OH is 1. The molecule has 2 aliphatic rings. The maximum Gasteiger partial charge on any atom is 0.338 e. The normalized spacial score (nSPS) is 20.3. The summed E-state index contributed by atoms with van der Waals surface area (Å²) in [5, 5.41) is 13.3. The van der Waals surface area contributed by atoms with Crippen LogP contribution in [-0.2, 0) is 82.3 Å². The van der Waals surface area contributed by atoms with E-state index in [2.05, 4.69) is 0 Å². The lowest BCUT2D eigenvalue weighted by molar-refractivity contribution is -0.278. The molecule has 10 atom stereocenters. The lowest BCUT2D eigenvalue weighted by Crippen LogP contribution is -2.62. The average Bonchev–Trinajstić information content (AvgIpc) is 4.38. The minimum Gasteiger partial charge on any atom is -0.493 e. The van der Waals surface area contributed by atoms with E-state index in [-0.39, 0.29) is 68.9 Å². The Morgan fingerprint density at radius 2 is 0.911 bits per heavy atom. The van der Waals surface area contributed by atoms with Crippen molar-refractivity contribution in [2.45, 2.75) is 107 Å². The number of hydrogen-bond acceptors (Lipinski definition) is 14. The van der Waals surface area contributed by atoms with Crippen LogP contribution in [0.5, 0.6) is 17.2 Å². The molecular weight excluding hydrogens is 1000 g/mol. The lowest BCUT2D eigenvalue weighted by atomic mass is 9.88. The van der Waals surface area contributed by atoms with Crippen molar-refractivity contribution >= 4 is 5.97 Å². The number of aliphatic hydroxyl groups is 1. The topological polar surface area (TPSA) is 151 Å². The molecule has 9 rings (SSSR count). The average molecular weight is 1080 g/mol. The Kier molecular flexibility index (Phi) is 21.1. The summed E-state index contributed by atoms with van der Waals surface area (Å²) in [6.07, 6.45) is -9.62. The quantitative estimate of drug-likeness (QED) is 0.0336. The van der Waals surface area contributed by atoms with Crippen LogP contribution in [0, 0.1) is 0 Å². The van der Waals surface area contributed by atoms with E-state index >= 15 is 0 Å². The minimum absolute atomic E-state index is 0.0688. The number of carbonyl (C=O) groups is 1. The zero-order valence-electron chi connectivity index (χ0n) is 44.9. The predicted molar refractivity (Wildman–Crippen MR) is 296 cm³/mol. The van der Waals surface area contributed by atoms with Crippen molar-refractivity contribution in [1.29, 1.82) is 0 Å². The first-order valence-corrected chi connectivity index (χ1v) is 26.7. The van der Waals surface area contributed by atoms with Crippen LogP contribution in [0.15, 0.2) is 194 Å². The van der Waals surface area contributed by atoms with Crippen molar-refractivity contribution < 1.29 is 66.7 Å². The first-order valence-electron chi connectivity index (χ1n) is 26.7. The van der Waals surface area contributed by atoms with Crippen LogP contribution in [0.1, 0.15) is 50.2 Å². The number of hydrogen-bond donors (Lipinski definition) is 1. The minimum atomic E-state index is -1.51. The molecule has 79 heavy (non-hydrogen) atoms. The number of esters is 1. The Morgan fingerprint density at radius 1 is 0.506 bits per heavy atom. The molecule has 2 aliphatic heterocycles. The number of methoxy groups -OCH3 is 3. The molecule has 1 N–H and O–H groups in total. The third kappa shape index (κ3) is 16.1. The van der Waals surface area contributed by atoms with Crippen molar-refractivity contribution in [3.8, 4) is 17.2 Å². The molecule has 14 nitrogen and oxygen atoms in total. The van der Waals surface area contributed by atoms with Gasteiger partial charge in [-0.25, -0.2) is 4.79 Å². The molecule has 0 spiro atoms. The summed E-state index contributed by atoms with van der Waals surface area (Å²) in [6.45, 7) is 1.62. The Hall–Kier alpha value is -6.95. The van der Waals surface area contributed by atoms with Gasteiger partial charge < -0.3 is 61.9 Å². The molecule has 0 saturated carbocycles. The van der Waals surface area contributed by atoms with Gasteiger partial charge in [0.15, 0.2) is 17.6 Å². The van der Waals surface area contributed by atoms with Gasteiger partial charge in [0.05, 0.1) is 92.0 Å². The highest BCUT2D eigenvalue weighted by atomic mass is 16.6. The van der Waals surface area contributed by atoms with Crippen LogP contribution in [0.2, 0.25) is 0 Å². The Balaban J connectivity index is 1.12. The van der Waals surface area contributed by atoms with Gasteiger partial charge in [-0.1, -0.05) is 182 Å². The van der Waals surface area contributed by atoms with Crippen LogP contribution >= 0.6 is 0 Å². The Labute approximate surface area is 462 Å². The zero-order chi connectivity index (χ0) is 54.6. The summed E-state index contributed by atoms with van der Waals surface area (Å²) in [7, 11) is 4.41. The first-order chi connectivity index (χ1) is 38.9. The van der Waals surface area contributed by atoms with Crippen molar-refractivity contribution in [2.24, 2.45) is 0 Å². The third-order valence-corrected chi connectivity index (χ3v) is 13.9. The second-order valence-corrected chi connectivity index (χ2v) is 19.5.